The molecule has 0 aliphatic rings. The Balaban J connectivity index is 2.37. The van der Waals surface area contributed by atoms with Crippen molar-refractivity contribution in [3.63, 3.8) is 0 Å². The summed E-state index contributed by atoms with van der Waals surface area (Å²) in [5, 5.41) is 3.62. The molecule has 0 saturated carbocycles. The van der Waals surface area contributed by atoms with Crippen molar-refractivity contribution in [2.24, 2.45) is 5.92 Å². The number of nitrogens with two attached hydrogens (primary N) is 1. The summed E-state index contributed by atoms with van der Waals surface area (Å²) in [4.78, 5) is 18.7. The molecule has 1 rings (SSSR count). The van der Waals surface area contributed by atoms with Crippen LogP contribution >= 0.6 is 11.3 Å². The van der Waals surface area contributed by atoms with E-state index in [1.165, 1.54) is 11.3 Å². The molecule has 0 spiro atoms. The highest BCUT2D eigenvalue weighted by atomic mass is 32.1. The summed E-state index contributed by atoms with van der Waals surface area (Å²) in [5.41, 5.74) is 5.81. The van der Waals surface area contributed by atoms with Crippen LogP contribution in [-0.2, 0) is 4.74 Å². The molecule has 7 heteroatoms. The van der Waals surface area contributed by atoms with Crippen LogP contribution < -0.4 is 16.0 Å². The summed E-state index contributed by atoms with van der Waals surface area (Å²) in [6.45, 7) is 9.05. The van der Waals surface area contributed by atoms with Gasteiger partial charge < -0.3 is 20.7 Å². The number of nitrogen functional groups attached to an aromatic ring is 1. The normalized spacial score (nSPS) is 10.9. The van der Waals surface area contributed by atoms with Gasteiger partial charge in [0.15, 0.2) is 5.13 Å². The van der Waals surface area contributed by atoms with Crippen LogP contribution in [0.25, 0.3) is 0 Å². The van der Waals surface area contributed by atoms with Gasteiger partial charge in [0, 0.05) is 33.4 Å². The third kappa shape index (κ3) is 5.89. The number of anilines is 2. The van der Waals surface area contributed by atoms with Crippen LogP contribution in [0.3, 0.4) is 0 Å². The highest BCUT2D eigenvalue weighted by Gasteiger charge is 2.17. The Morgan fingerprint density at radius 1 is 1.52 bits per heavy atom. The molecule has 0 bridgehead atoms. The number of rotatable bonds is 9. The zero-order valence-electron chi connectivity index (χ0n) is 13.3. The van der Waals surface area contributed by atoms with E-state index < -0.39 is 0 Å². The van der Waals surface area contributed by atoms with Crippen molar-refractivity contribution in [3.8, 4) is 0 Å². The molecule has 1 amide bonds. The second-order valence-corrected chi connectivity index (χ2v) is 6.28. The van der Waals surface area contributed by atoms with Crippen molar-refractivity contribution in [2.75, 3.05) is 44.0 Å². The number of hydrogen-bond donors (Lipinski definition) is 2. The molecular weight excluding hydrogens is 288 g/mol. The Morgan fingerprint density at radius 2 is 2.24 bits per heavy atom. The van der Waals surface area contributed by atoms with E-state index in [1.807, 2.05) is 18.9 Å². The van der Waals surface area contributed by atoms with Crippen molar-refractivity contribution < 1.29 is 9.53 Å². The minimum atomic E-state index is -0.162. The fourth-order valence-corrected chi connectivity index (χ4v) is 2.48. The van der Waals surface area contributed by atoms with Crippen molar-refractivity contribution in [1.82, 2.24) is 10.3 Å². The number of hydrogen-bond acceptors (Lipinski definition) is 6. The molecule has 0 atom stereocenters. The van der Waals surface area contributed by atoms with Crippen molar-refractivity contribution in [2.45, 2.75) is 27.2 Å². The molecule has 0 aliphatic carbocycles. The first-order chi connectivity index (χ1) is 9.95. The topological polar surface area (TPSA) is 80.5 Å². The SMILES string of the molecule is CCN(C)c1nc(N)c(C(=O)NCCCOCC(C)C)s1. The van der Waals surface area contributed by atoms with Crippen LogP contribution in [-0.4, -0.2) is 44.2 Å². The minimum absolute atomic E-state index is 0.162. The van der Waals surface area contributed by atoms with Crippen LogP contribution in [0.2, 0.25) is 0 Å². The lowest BCUT2D eigenvalue weighted by atomic mass is 10.2. The van der Waals surface area contributed by atoms with Gasteiger partial charge in [0.1, 0.15) is 10.7 Å². The molecule has 0 unspecified atom stereocenters. The van der Waals surface area contributed by atoms with E-state index in [4.69, 9.17) is 10.5 Å². The Bertz CT molecular complexity index is 448. The number of amides is 1. The lowest BCUT2D eigenvalue weighted by Crippen LogP contribution is -2.25. The first-order valence-corrected chi connectivity index (χ1v) is 8.10. The average Bonchev–Trinajstić information content (AvgIpc) is 2.83. The third-order valence-electron chi connectivity index (χ3n) is 2.85. The first-order valence-electron chi connectivity index (χ1n) is 7.29. The van der Waals surface area contributed by atoms with E-state index >= 15 is 0 Å². The monoisotopic (exact) mass is 314 g/mol. The number of nitrogens with one attached hydrogen (secondary N) is 1. The van der Waals surface area contributed by atoms with Crippen molar-refractivity contribution in [1.29, 1.82) is 0 Å². The molecule has 0 aromatic carbocycles. The predicted octanol–water partition coefficient (Wildman–Crippen LogP) is 1.97. The summed E-state index contributed by atoms with van der Waals surface area (Å²) in [5.74, 6) is 0.666. The summed E-state index contributed by atoms with van der Waals surface area (Å²) in [6.07, 6.45) is 0.791. The third-order valence-corrected chi connectivity index (χ3v) is 4.04. The van der Waals surface area contributed by atoms with Gasteiger partial charge in [-0.1, -0.05) is 25.2 Å². The second kappa shape index (κ2) is 8.84. The van der Waals surface area contributed by atoms with E-state index in [0.717, 1.165) is 24.7 Å². The van der Waals surface area contributed by atoms with E-state index in [0.29, 0.717) is 29.8 Å². The fourth-order valence-electron chi connectivity index (χ4n) is 1.56. The Kier molecular flexibility index (Phi) is 7.45. The summed E-state index contributed by atoms with van der Waals surface area (Å²) in [7, 11) is 1.92. The quantitative estimate of drug-likeness (QED) is 0.681. The van der Waals surface area contributed by atoms with Crippen LogP contribution in [0.15, 0.2) is 0 Å². The van der Waals surface area contributed by atoms with Crippen LogP contribution in [0.5, 0.6) is 0 Å². The highest BCUT2D eigenvalue weighted by Crippen LogP contribution is 2.27. The number of nitrogens with zero attached hydrogens (tertiary/aromatic N) is 2. The molecule has 0 fully saturated rings. The van der Waals surface area contributed by atoms with Gasteiger partial charge in [0.25, 0.3) is 5.91 Å². The molecule has 21 heavy (non-hydrogen) atoms. The molecule has 3 N–H and O–H groups in total. The summed E-state index contributed by atoms with van der Waals surface area (Å²) in [6, 6.07) is 0. The van der Waals surface area contributed by atoms with Gasteiger partial charge in [-0.05, 0) is 19.3 Å². The zero-order chi connectivity index (χ0) is 15.8. The number of carbonyl (C=O) groups is 1. The molecule has 1 aromatic rings. The maximum Gasteiger partial charge on any atom is 0.265 e. The lowest BCUT2D eigenvalue weighted by molar-refractivity contribution is 0.0929. The molecular formula is C14H26N4O2S. The summed E-state index contributed by atoms with van der Waals surface area (Å²) < 4.78 is 5.46. The van der Waals surface area contributed by atoms with Crippen molar-refractivity contribution >= 4 is 28.2 Å². The maximum atomic E-state index is 12.1. The molecule has 120 valence electrons. The number of thiazole rings is 1. The Morgan fingerprint density at radius 3 is 2.86 bits per heavy atom. The molecule has 0 aliphatic heterocycles. The van der Waals surface area contributed by atoms with Gasteiger partial charge in [-0.25, -0.2) is 4.98 Å². The Labute approximate surface area is 130 Å². The van der Waals surface area contributed by atoms with E-state index in [2.05, 4.69) is 24.1 Å². The number of ether oxygens (including phenoxy) is 1. The smallest absolute Gasteiger partial charge is 0.265 e. The average molecular weight is 314 g/mol. The maximum absolute atomic E-state index is 12.1. The van der Waals surface area contributed by atoms with Crippen LogP contribution in [0.4, 0.5) is 10.9 Å². The van der Waals surface area contributed by atoms with Gasteiger partial charge in [0.2, 0.25) is 0 Å². The first kappa shape index (κ1) is 17.7. The van der Waals surface area contributed by atoms with Gasteiger partial charge in [0.05, 0.1) is 0 Å². The molecule has 0 radical (unpaired) electrons. The zero-order valence-corrected chi connectivity index (χ0v) is 14.1. The number of carbonyl (C=O) groups excluding carboxylic acids is 1. The van der Waals surface area contributed by atoms with E-state index in [1.54, 1.807) is 0 Å². The van der Waals surface area contributed by atoms with Crippen LogP contribution in [0, 0.1) is 5.92 Å². The van der Waals surface area contributed by atoms with Crippen LogP contribution in [0.1, 0.15) is 36.9 Å². The Hall–Kier alpha value is -1.34. The van der Waals surface area contributed by atoms with Crippen molar-refractivity contribution in [3.05, 3.63) is 4.88 Å². The molecule has 0 saturated heterocycles. The van der Waals surface area contributed by atoms with Gasteiger partial charge in [-0.2, -0.15) is 0 Å². The largest absolute Gasteiger partial charge is 0.382 e. The lowest BCUT2D eigenvalue weighted by Gasteiger charge is -2.10. The van der Waals surface area contributed by atoms with Gasteiger partial charge in [-0.3, -0.25) is 4.79 Å². The minimum Gasteiger partial charge on any atom is -0.382 e. The predicted molar refractivity (Wildman–Crippen MR) is 88.1 cm³/mol. The molecule has 1 heterocycles. The highest BCUT2D eigenvalue weighted by molar-refractivity contribution is 7.18. The number of aromatic nitrogens is 1. The second-order valence-electron chi connectivity index (χ2n) is 5.30. The standard InChI is InChI=1S/C14H26N4O2S/c1-5-18(4)14-17-12(15)11(21-14)13(19)16-7-6-8-20-9-10(2)3/h10H,5-9,15H2,1-4H3,(H,16,19). The van der Waals surface area contributed by atoms with E-state index in [9.17, 15) is 4.79 Å². The fraction of sp³-hybridized carbons (Fsp3) is 0.714. The van der Waals surface area contributed by atoms with E-state index in [-0.39, 0.29) is 5.91 Å². The van der Waals surface area contributed by atoms with Gasteiger partial charge >= 0.3 is 0 Å². The summed E-state index contributed by atoms with van der Waals surface area (Å²) >= 11 is 1.32. The molecule has 6 nitrogen and oxygen atoms in total. The van der Waals surface area contributed by atoms with Gasteiger partial charge in [-0.15, -0.1) is 0 Å². The molecule has 1 aromatic heterocycles.